The second kappa shape index (κ2) is 3.25. The molecule has 0 spiro atoms. The van der Waals surface area contributed by atoms with Gasteiger partial charge in [-0.2, -0.15) is 0 Å². The van der Waals surface area contributed by atoms with Gasteiger partial charge in [0.15, 0.2) is 0 Å². The lowest BCUT2D eigenvalue weighted by molar-refractivity contribution is -0.384. The predicted molar refractivity (Wildman–Crippen MR) is 47.8 cm³/mol. The number of non-ortho nitro benzene ring substituents is 1. The largest absolute Gasteiger partial charge is 0.497 e. The van der Waals surface area contributed by atoms with Gasteiger partial charge in [0.2, 0.25) is 0 Å². The summed E-state index contributed by atoms with van der Waals surface area (Å²) in [6.07, 6.45) is 0. The summed E-state index contributed by atoms with van der Waals surface area (Å²) in [5.74, 6) is 0.546. The van der Waals surface area contributed by atoms with Crippen LogP contribution in [0.3, 0.4) is 0 Å². The fourth-order valence-corrected chi connectivity index (χ4v) is 0.922. The van der Waals surface area contributed by atoms with E-state index in [-0.39, 0.29) is 5.69 Å². The molecule has 0 amide bonds. The van der Waals surface area contributed by atoms with Gasteiger partial charge in [-0.1, -0.05) is 6.07 Å². The SMILES string of the molecule is Bc1ccc([N+](=O)[O-])cc1OC. The van der Waals surface area contributed by atoms with Crippen molar-refractivity contribution in [2.45, 2.75) is 0 Å². The number of nitro benzene ring substituents is 1. The number of nitrogens with zero attached hydrogens (tertiary/aromatic N) is 1. The first-order chi connectivity index (χ1) is 5.65. The van der Waals surface area contributed by atoms with Crippen LogP contribution < -0.4 is 10.2 Å². The molecule has 1 aromatic carbocycles. The van der Waals surface area contributed by atoms with Gasteiger partial charge < -0.3 is 4.74 Å². The minimum atomic E-state index is -0.442. The Labute approximate surface area is 70.7 Å². The van der Waals surface area contributed by atoms with E-state index in [1.165, 1.54) is 19.2 Å². The number of ether oxygens (including phenoxy) is 1. The van der Waals surface area contributed by atoms with Crippen molar-refractivity contribution >= 4 is 19.0 Å². The number of nitro groups is 1. The lowest BCUT2D eigenvalue weighted by atomic mass is 9.95. The third-order valence-electron chi connectivity index (χ3n) is 1.60. The Bertz CT molecular complexity index is 314. The molecule has 0 saturated heterocycles. The fraction of sp³-hybridized carbons (Fsp3) is 0.143. The average molecular weight is 165 g/mol. The Morgan fingerprint density at radius 2 is 2.25 bits per heavy atom. The van der Waals surface area contributed by atoms with Crippen LogP contribution in [0, 0.1) is 10.1 Å². The van der Waals surface area contributed by atoms with Crippen LogP contribution in [0.1, 0.15) is 0 Å². The smallest absolute Gasteiger partial charge is 0.273 e. The number of methoxy groups -OCH3 is 1. The molecule has 0 unspecified atom stereocenters. The summed E-state index contributed by atoms with van der Waals surface area (Å²) in [6, 6.07) is 4.53. The van der Waals surface area contributed by atoms with E-state index in [9.17, 15) is 10.1 Å². The number of hydrogen-bond acceptors (Lipinski definition) is 3. The van der Waals surface area contributed by atoms with E-state index in [2.05, 4.69) is 0 Å². The van der Waals surface area contributed by atoms with Gasteiger partial charge in [-0.3, -0.25) is 10.1 Å². The summed E-state index contributed by atoms with van der Waals surface area (Å²) in [7, 11) is 3.33. The third kappa shape index (κ3) is 1.55. The lowest BCUT2D eigenvalue weighted by Gasteiger charge is -2.02. The molecular weight excluding hydrogens is 157 g/mol. The van der Waals surface area contributed by atoms with Crippen molar-refractivity contribution < 1.29 is 9.66 Å². The maximum Gasteiger partial charge on any atom is 0.273 e. The van der Waals surface area contributed by atoms with E-state index < -0.39 is 4.92 Å². The maximum atomic E-state index is 10.3. The van der Waals surface area contributed by atoms with Crippen LogP contribution in [0.15, 0.2) is 18.2 Å². The van der Waals surface area contributed by atoms with Crippen molar-refractivity contribution in [3.8, 4) is 5.75 Å². The first-order valence-corrected chi connectivity index (χ1v) is 3.44. The lowest BCUT2D eigenvalue weighted by Crippen LogP contribution is -2.07. The molecule has 1 aromatic rings. The zero-order valence-electron chi connectivity index (χ0n) is 6.90. The molecule has 0 aliphatic rings. The van der Waals surface area contributed by atoms with Gasteiger partial charge in [0.25, 0.3) is 5.69 Å². The Kier molecular flexibility index (Phi) is 2.33. The van der Waals surface area contributed by atoms with E-state index in [0.717, 1.165) is 5.46 Å². The van der Waals surface area contributed by atoms with E-state index in [4.69, 9.17) is 4.74 Å². The average Bonchev–Trinajstić information content (AvgIpc) is 2.05. The molecule has 0 aliphatic carbocycles. The predicted octanol–water partition coefficient (Wildman–Crippen LogP) is -0.138. The molecule has 0 bridgehead atoms. The monoisotopic (exact) mass is 165 g/mol. The van der Waals surface area contributed by atoms with Gasteiger partial charge in [0.05, 0.1) is 18.1 Å². The van der Waals surface area contributed by atoms with Crippen molar-refractivity contribution in [3.05, 3.63) is 28.3 Å². The second-order valence-corrected chi connectivity index (χ2v) is 2.41. The Hall–Kier alpha value is -1.52. The van der Waals surface area contributed by atoms with Gasteiger partial charge >= 0.3 is 0 Å². The number of rotatable bonds is 2. The van der Waals surface area contributed by atoms with E-state index in [0.29, 0.717) is 5.75 Å². The van der Waals surface area contributed by atoms with Crippen LogP contribution in [0.4, 0.5) is 5.69 Å². The highest BCUT2D eigenvalue weighted by Gasteiger charge is 2.07. The van der Waals surface area contributed by atoms with Crippen LogP contribution in [0.2, 0.25) is 0 Å². The van der Waals surface area contributed by atoms with Crippen molar-refractivity contribution in [2.24, 2.45) is 0 Å². The van der Waals surface area contributed by atoms with E-state index >= 15 is 0 Å². The number of benzene rings is 1. The van der Waals surface area contributed by atoms with Crippen molar-refractivity contribution in [2.75, 3.05) is 7.11 Å². The van der Waals surface area contributed by atoms with E-state index in [1.807, 2.05) is 7.85 Å². The zero-order chi connectivity index (χ0) is 9.14. The summed E-state index contributed by atoms with van der Waals surface area (Å²) < 4.78 is 4.93. The first kappa shape index (κ1) is 8.58. The third-order valence-corrected chi connectivity index (χ3v) is 1.60. The Morgan fingerprint density at radius 1 is 1.58 bits per heavy atom. The normalized spacial score (nSPS) is 9.42. The van der Waals surface area contributed by atoms with Crippen LogP contribution in [-0.4, -0.2) is 19.9 Å². The molecule has 12 heavy (non-hydrogen) atoms. The molecule has 1 rings (SSSR count). The summed E-state index contributed by atoms with van der Waals surface area (Å²) >= 11 is 0. The molecule has 0 aromatic heterocycles. The minimum Gasteiger partial charge on any atom is -0.497 e. The zero-order valence-corrected chi connectivity index (χ0v) is 6.90. The number of hydrogen-bond donors (Lipinski definition) is 0. The van der Waals surface area contributed by atoms with Crippen LogP contribution in [0.25, 0.3) is 0 Å². The molecule has 0 heterocycles. The van der Waals surface area contributed by atoms with Gasteiger partial charge in [0, 0.05) is 6.07 Å². The highest BCUT2D eigenvalue weighted by atomic mass is 16.6. The Balaban J connectivity index is 3.13. The van der Waals surface area contributed by atoms with Crippen molar-refractivity contribution in [1.82, 2.24) is 0 Å². The topological polar surface area (TPSA) is 52.4 Å². The molecule has 0 aliphatic heterocycles. The van der Waals surface area contributed by atoms with Crippen LogP contribution in [-0.2, 0) is 0 Å². The van der Waals surface area contributed by atoms with Crippen LogP contribution in [0.5, 0.6) is 5.75 Å². The standard InChI is InChI=1S/C7H8BNO3/c1-12-7-4-5(9(10)11)2-3-6(7)8/h2-4H,8H2,1H3. The molecular formula is C7H8BNO3. The first-order valence-electron chi connectivity index (χ1n) is 3.44. The summed E-state index contributed by atoms with van der Waals surface area (Å²) in [5.41, 5.74) is 0.945. The highest BCUT2D eigenvalue weighted by molar-refractivity contribution is 6.34. The second-order valence-electron chi connectivity index (χ2n) is 2.41. The molecule has 5 heteroatoms. The molecule has 0 saturated carbocycles. The quantitative estimate of drug-likeness (QED) is 0.348. The van der Waals surface area contributed by atoms with E-state index in [1.54, 1.807) is 6.07 Å². The molecule has 0 atom stereocenters. The van der Waals surface area contributed by atoms with Gasteiger partial charge in [-0.15, -0.1) is 0 Å². The molecule has 0 fully saturated rings. The van der Waals surface area contributed by atoms with Crippen LogP contribution >= 0.6 is 0 Å². The van der Waals surface area contributed by atoms with Gasteiger partial charge in [0.1, 0.15) is 13.6 Å². The summed E-state index contributed by atoms with van der Waals surface area (Å²) in [5, 5.41) is 10.3. The molecule has 0 N–H and O–H groups in total. The van der Waals surface area contributed by atoms with Crippen molar-refractivity contribution in [1.29, 1.82) is 0 Å². The van der Waals surface area contributed by atoms with Crippen molar-refractivity contribution in [3.63, 3.8) is 0 Å². The van der Waals surface area contributed by atoms with Gasteiger partial charge in [-0.05, 0) is 5.46 Å². The fourth-order valence-electron chi connectivity index (χ4n) is 0.922. The Morgan fingerprint density at radius 3 is 2.75 bits per heavy atom. The molecule has 4 nitrogen and oxygen atoms in total. The molecule has 62 valence electrons. The minimum absolute atomic E-state index is 0.0532. The van der Waals surface area contributed by atoms with Gasteiger partial charge in [-0.25, -0.2) is 0 Å². The highest BCUT2D eigenvalue weighted by Crippen LogP contribution is 2.15. The molecule has 0 radical (unpaired) electrons. The maximum absolute atomic E-state index is 10.3. The summed E-state index contributed by atoms with van der Waals surface area (Å²) in [6.45, 7) is 0. The summed E-state index contributed by atoms with van der Waals surface area (Å²) in [4.78, 5) is 9.89.